The Hall–Kier alpha value is 0.130. The minimum atomic E-state index is 0. The number of nitrogens with zero attached hydrogens (tertiary/aromatic N) is 2. The van der Waals surface area contributed by atoms with Gasteiger partial charge in [0.05, 0.1) is 24.4 Å². The van der Waals surface area contributed by atoms with Crippen molar-refractivity contribution in [1.82, 2.24) is 9.88 Å². The van der Waals surface area contributed by atoms with E-state index in [9.17, 15) is 0 Å². The minimum Gasteiger partial charge on any atom is -0.379 e. The van der Waals surface area contributed by atoms with Gasteiger partial charge in [0.25, 0.3) is 0 Å². The molecule has 0 aromatic carbocycles. The van der Waals surface area contributed by atoms with Gasteiger partial charge in [0.15, 0.2) is 0 Å². The third kappa shape index (κ3) is 4.55. The van der Waals surface area contributed by atoms with Gasteiger partial charge in [-0.25, -0.2) is 4.98 Å². The second-order valence-electron chi connectivity index (χ2n) is 3.56. The first-order valence-electron chi connectivity index (χ1n) is 5.05. The van der Waals surface area contributed by atoms with Gasteiger partial charge >= 0.3 is 0 Å². The zero-order valence-corrected chi connectivity index (χ0v) is 11.8. The zero-order chi connectivity index (χ0) is 9.80. The summed E-state index contributed by atoms with van der Waals surface area (Å²) in [4.78, 5) is 8.14. The van der Waals surface area contributed by atoms with E-state index in [0.717, 1.165) is 39.3 Å². The van der Waals surface area contributed by atoms with Crippen molar-refractivity contribution in [3.05, 3.63) is 16.1 Å². The Morgan fingerprint density at radius 3 is 2.62 bits per heavy atom. The molecule has 1 aromatic heterocycles. The summed E-state index contributed by atoms with van der Waals surface area (Å²) in [5, 5.41) is 0. The molecule has 3 nitrogen and oxygen atoms in total. The largest absolute Gasteiger partial charge is 0.379 e. The van der Waals surface area contributed by atoms with E-state index in [1.807, 2.05) is 5.51 Å². The van der Waals surface area contributed by atoms with Crippen LogP contribution in [0.2, 0.25) is 0 Å². The van der Waals surface area contributed by atoms with Crippen LogP contribution in [0.25, 0.3) is 0 Å². The highest BCUT2D eigenvalue weighted by atomic mass is 35.5. The van der Waals surface area contributed by atoms with Crippen molar-refractivity contribution in [1.29, 1.82) is 0 Å². The maximum atomic E-state index is 5.31. The quantitative estimate of drug-likeness (QED) is 0.851. The first-order chi connectivity index (χ1) is 6.86. The summed E-state index contributed by atoms with van der Waals surface area (Å²) in [7, 11) is 0. The molecule has 1 aromatic rings. The van der Waals surface area contributed by atoms with Gasteiger partial charge in [-0.15, -0.1) is 36.2 Å². The lowest BCUT2D eigenvalue weighted by atomic mass is 10.3. The average molecular weight is 285 g/mol. The van der Waals surface area contributed by atoms with Gasteiger partial charge in [-0.3, -0.25) is 4.90 Å². The lowest BCUT2D eigenvalue weighted by Gasteiger charge is -2.26. The van der Waals surface area contributed by atoms with Crippen LogP contribution >= 0.6 is 36.2 Å². The lowest BCUT2D eigenvalue weighted by Crippen LogP contribution is -2.37. The van der Waals surface area contributed by atoms with Crippen LogP contribution in [-0.4, -0.2) is 42.7 Å². The predicted octanol–water partition coefficient (Wildman–Crippen LogP) is 2.17. The van der Waals surface area contributed by atoms with Crippen LogP contribution in [0.4, 0.5) is 0 Å². The predicted molar refractivity (Wildman–Crippen MR) is 72.3 cm³/mol. The standard InChI is InChI=1S/C10H16N2OS.2ClH/c1-9-10(14-8-11-9)2-3-12-4-6-13-7-5-12;;/h8H,2-7H2,1H3;2*1H. The van der Waals surface area contributed by atoms with Crippen molar-refractivity contribution in [3.8, 4) is 0 Å². The first-order valence-corrected chi connectivity index (χ1v) is 5.93. The molecule has 6 heteroatoms. The van der Waals surface area contributed by atoms with Crippen LogP contribution in [0.3, 0.4) is 0 Å². The number of aryl methyl sites for hydroxylation is 1. The fraction of sp³-hybridized carbons (Fsp3) is 0.700. The monoisotopic (exact) mass is 284 g/mol. The fourth-order valence-electron chi connectivity index (χ4n) is 1.65. The van der Waals surface area contributed by atoms with E-state index in [2.05, 4.69) is 16.8 Å². The SMILES string of the molecule is Cc1ncsc1CCN1CCOCC1.Cl.Cl. The smallest absolute Gasteiger partial charge is 0.0797 e. The normalized spacial score (nSPS) is 16.3. The summed E-state index contributed by atoms with van der Waals surface area (Å²) >= 11 is 1.77. The molecule has 0 unspecified atom stereocenters. The maximum absolute atomic E-state index is 5.31. The second kappa shape index (κ2) is 8.25. The Balaban J connectivity index is 0.00000112. The zero-order valence-electron chi connectivity index (χ0n) is 9.35. The van der Waals surface area contributed by atoms with E-state index in [1.165, 1.54) is 10.6 Å². The molecule has 0 saturated carbocycles. The molecule has 1 fully saturated rings. The molecule has 0 spiro atoms. The molecule has 1 aliphatic heterocycles. The van der Waals surface area contributed by atoms with Crippen molar-refractivity contribution in [3.63, 3.8) is 0 Å². The van der Waals surface area contributed by atoms with Crippen LogP contribution in [0.5, 0.6) is 0 Å². The lowest BCUT2D eigenvalue weighted by molar-refractivity contribution is 0.0385. The van der Waals surface area contributed by atoms with E-state index >= 15 is 0 Å². The molecular formula is C10H18Cl2N2OS. The molecule has 0 amide bonds. The van der Waals surface area contributed by atoms with Crippen molar-refractivity contribution in [2.45, 2.75) is 13.3 Å². The van der Waals surface area contributed by atoms with Crippen molar-refractivity contribution in [2.75, 3.05) is 32.8 Å². The molecule has 1 aliphatic rings. The highest BCUT2D eigenvalue weighted by Crippen LogP contribution is 2.13. The van der Waals surface area contributed by atoms with Gasteiger partial charge in [-0.1, -0.05) is 0 Å². The van der Waals surface area contributed by atoms with E-state index < -0.39 is 0 Å². The van der Waals surface area contributed by atoms with Crippen molar-refractivity contribution < 1.29 is 4.74 Å². The molecule has 2 heterocycles. The molecular weight excluding hydrogens is 267 g/mol. The Morgan fingerprint density at radius 1 is 1.38 bits per heavy atom. The molecule has 94 valence electrons. The topological polar surface area (TPSA) is 25.4 Å². The van der Waals surface area contributed by atoms with Crippen molar-refractivity contribution in [2.24, 2.45) is 0 Å². The summed E-state index contributed by atoms with van der Waals surface area (Å²) in [6.45, 7) is 7.18. The van der Waals surface area contributed by atoms with Crippen LogP contribution in [0.1, 0.15) is 10.6 Å². The molecule has 1 saturated heterocycles. The average Bonchev–Trinajstić information content (AvgIpc) is 2.63. The third-order valence-corrected chi connectivity index (χ3v) is 3.60. The number of ether oxygens (including phenoxy) is 1. The summed E-state index contributed by atoms with van der Waals surface area (Å²) in [5.74, 6) is 0. The highest BCUT2D eigenvalue weighted by Gasteiger charge is 2.10. The van der Waals surface area contributed by atoms with Crippen LogP contribution in [0, 0.1) is 6.92 Å². The number of hydrogen-bond acceptors (Lipinski definition) is 4. The summed E-state index contributed by atoms with van der Waals surface area (Å²) in [6, 6.07) is 0. The van der Waals surface area contributed by atoms with Gasteiger partial charge in [-0.2, -0.15) is 0 Å². The Morgan fingerprint density at radius 2 is 2.06 bits per heavy atom. The second-order valence-corrected chi connectivity index (χ2v) is 4.50. The number of halogens is 2. The van der Waals surface area contributed by atoms with E-state index in [1.54, 1.807) is 11.3 Å². The minimum absolute atomic E-state index is 0. The number of thiazole rings is 1. The number of aromatic nitrogens is 1. The van der Waals surface area contributed by atoms with Crippen molar-refractivity contribution >= 4 is 36.2 Å². The van der Waals surface area contributed by atoms with Crippen LogP contribution < -0.4 is 0 Å². The summed E-state index contributed by atoms with van der Waals surface area (Å²) < 4.78 is 5.31. The Labute approximate surface area is 113 Å². The molecule has 0 radical (unpaired) electrons. The molecule has 0 N–H and O–H groups in total. The molecule has 2 rings (SSSR count). The third-order valence-electron chi connectivity index (χ3n) is 2.60. The van der Waals surface area contributed by atoms with Crippen LogP contribution in [-0.2, 0) is 11.2 Å². The van der Waals surface area contributed by atoms with E-state index in [0.29, 0.717) is 0 Å². The molecule has 0 bridgehead atoms. The van der Waals surface area contributed by atoms with Gasteiger partial charge in [0.2, 0.25) is 0 Å². The van der Waals surface area contributed by atoms with Gasteiger partial charge in [-0.05, 0) is 13.3 Å². The molecule has 16 heavy (non-hydrogen) atoms. The molecule has 0 atom stereocenters. The number of rotatable bonds is 3. The van der Waals surface area contributed by atoms with Gasteiger partial charge in [0, 0.05) is 24.5 Å². The van der Waals surface area contributed by atoms with Gasteiger partial charge in [0.1, 0.15) is 0 Å². The highest BCUT2D eigenvalue weighted by molar-refractivity contribution is 7.09. The summed E-state index contributed by atoms with van der Waals surface area (Å²) in [5.41, 5.74) is 3.13. The van der Waals surface area contributed by atoms with Gasteiger partial charge < -0.3 is 4.74 Å². The maximum Gasteiger partial charge on any atom is 0.0797 e. The summed E-state index contributed by atoms with van der Waals surface area (Å²) in [6.07, 6.45) is 1.14. The number of hydrogen-bond donors (Lipinski definition) is 0. The molecule has 0 aliphatic carbocycles. The van der Waals surface area contributed by atoms with Crippen LogP contribution in [0.15, 0.2) is 5.51 Å². The van der Waals surface area contributed by atoms with E-state index in [-0.39, 0.29) is 24.8 Å². The Kier molecular flexibility index (Phi) is 8.32. The Bertz CT molecular complexity index is 290. The fourth-order valence-corrected chi connectivity index (χ4v) is 2.42. The first kappa shape index (κ1) is 16.1. The van der Waals surface area contributed by atoms with E-state index in [4.69, 9.17) is 4.74 Å². The number of morpholine rings is 1.